The molecule has 0 radical (unpaired) electrons. The highest BCUT2D eigenvalue weighted by atomic mass is 16.1. The molecule has 4 heteroatoms. The van der Waals surface area contributed by atoms with E-state index in [2.05, 4.69) is 38.2 Å². The van der Waals surface area contributed by atoms with Crippen molar-refractivity contribution >= 4 is 23.6 Å². The van der Waals surface area contributed by atoms with Gasteiger partial charge < -0.3 is 11.1 Å². The fraction of sp³-hybridized carbons (Fsp3) is 0.200. The van der Waals surface area contributed by atoms with Gasteiger partial charge in [-0.05, 0) is 40.8 Å². The van der Waals surface area contributed by atoms with Gasteiger partial charge in [-0.3, -0.25) is 9.59 Å². The van der Waals surface area contributed by atoms with E-state index in [-0.39, 0.29) is 11.3 Å². The number of carbonyl (C=O) groups excluding carboxylic acids is 2. The summed E-state index contributed by atoms with van der Waals surface area (Å²) >= 11 is 0. The molecule has 2 aromatic carbocycles. The molecule has 0 aliphatic carbocycles. The smallest absolute Gasteiger partial charge is 0.248 e. The van der Waals surface area contributed by atoms with Crippen LogP contribution in [0.2, 0.25) is 0 Å². The monoisotopic (exact) mass is 322 g/mol. The second kappa shape index (κ2) is 7.13. The molecule has 0 aliphatic rings. The lowest BCUT2D eigenvalue weighted by Gasteiger charge is -2.18. The predicted molar refractivity (Wildman–Crippen MR) is 97.8 cm³/mol. The van der Waals surface area contributed by atoms with Crippen molar-refractivity contribution in [3.63, 3.8) is 0 Å². The van der Waals surface area contributed by atoms with Gasteiger partial charge in [-0.2, -0.15) is 0 Å². The van der Waals surface area contributed by atoms with Gasteiger partial charge in [0, 0.05) is 17.3 Å². The van der Waals surface area contributed by atoms with Crippen LogP contribution in [0.5, 0.6) is 0 Å². The second-order valence-corrected chi connectivity index (χ2v) is 6.64. The zero-order valence-corrected chi connectivity index (χ0v) is 14.2. The van der Waals surface area contributed by atoms with Crippen molar-refractivity contribution in [2.24, 2.45) is 5.73 Å². The minimum Gasteiger partial charge on any atom is -0.366 e. The van der Waals surface area contributed by atoms with Crippen LogP contribution in [0.4, 0.5) is 5.69 Å². The summed E-state index contributed by atoms with van der Waals surface area (Å²) in [6.45, 7) is 6.47. The highest BCUT2D eigenvalue weighted by molar-refractivity contribution is 6.03. The number of primary amides is 1. The summed E-state index contributed by atoms with van der Waals surface area (Å²) in [6, 6.07) is 14.6. The molecular weight excluding hydrogens is 300 g/mol. The molecule has 0 aliphatic heterocycles. The van der Waals surface area contributed by atoms with Crippen molar-refractivity contribution in [3.8, 4) is 0 Å². The Balaban J connectivity index is 2.03. The van der Waals surface area contributed by atoms with Gasteiger partial charge in [0.05, 0.1) is 0 Å². The number of hydrogen-bond acceptors (Lipinski definition) is 2. The van der Waals surface area contributed by atoms with Crippen molar-refractivity contribution in [1.29, 1.82) is 0 Å². The van der Waals surface area contributed by atoms with E-state index in [9.17, 15) is 9.59 Å². The predicted octanol–water partition coefficient (Wildman–Crippen LogP) is 3.73. The summed E-state index contributed by atoms with van der Waals surface area (Å²) in [4.78, 5) is 23.1. The molecule has 3 N–H and O–H groups in total. The topological polar surface area (TPSA) is 72.2 Å². The number of nitrogens with one attached hydrogen (secondary N) is 1. The molecule has 2 amide bonds. The summed E-state index contributed by atoms with van der Waals surface area (Å²) in [5.74, 6) is -0.794. The summed E-state index contributed by atoms with van der Waals surface area (Å²) in [5.41, 5.74) is 8.41. The van der Waals surface area contributed by atoms with Crippen LogP contribution in [0, 0.1) is 0 Å². The standard InChI is InChI=1S/C20H22N2O2/c1-20(2,3)16-10-7-14(8-11-16)9-12-18(23)22-17-6-4-5-15(13-17)19(21)24/h4-13H,1-3H3,(H2,21,24)(H,22,23)/b12-9+. The fourth-order valence-electron chi connectivity index (χ4n) is 2.20. The van der Waals surface area contributed by atoms with Crippen LogP contribution in [0.15, 0.2) is 54.6 Å². The molecule has 24 heavy (non-hydrogen) atoms. The Morgan fingerprint density at radius 3 is 2.29 bits per heavy atom. The molecule has 0 saturated heterocycles. The Labute approximate surface area is 142 Å². The van der Waals surface area contributed by atoms with Gasteiger partial charge in [-0.1, -0.05) is 51.1 Å². The van der Waals surface area contributed by atoms with E-state index in [1.165, 1.54) is 11.6 Å². The SMILES string of the molecule is CC(C)(C)c1ccc(/C=C/C(=O)Nc2cccc(C(N)=O)c2)cc1. The molecule has 0 bridgehead atoms. The maximum absolute atomic E-state index is 12.0. The number of hydrogen-bond donors (Lipinski definition) is 2. The molecule has 0 unspecified atom stereocenters. The largest absolute Gasteiger partial charge is 0.366 e. The third-order valence-corrected chi connectivity index (χ3v) is 3.62. The molecule has 0 atom stereocenters. The molecule has 0 heterocycles. The number of benzene rings is 2. The molecule has 2 aromatic rings. The summed E-state index contributed by atoms with van der Waals surface area (Å²) in [7, 11) is 0. The van der Waals surface area contributed by atoms with Crippen LogP contribution in [0.25, 0.3) is 6.08 Å². The van der Waals surface area contributed by atoms with E-state index in [0.717, 1.165) is 5.56 Å². The first kappa shape index (κ1) is 17.5. The van der Waals surface area contributed by atoms with Gasteiger partial charge >= 0.3 is 0 Å². The first-order valence-corrected chi connectivity index (χ1v) is 7.75. The summed E-state index contributed by atoms with van der Waals surface area (Å²) in [5, 5.41) is 2.71. The molecule has 2 rings (SSSR count). The van der Waals surface area contributed by atoms with Crippen LogP contribution in [-0.2, 0) is 10.2 Å². The molecular formula is C20H22N2O2. The quantitative estimate of drug-likeness (QED) is 0.842. The Kier molecular flexibility index (Phi) is 5.19. The molecule has 124 valence electrons. The van der Waals surface area contributed by atoms with Crippen LogP contribution in [0.3, 0.4) is 0 Å². The number of rotatable bonds is 4. The van der Waals surface area contributed by atoms with Gasteiger partial charge in [0.2, 0.25) is 11.8 Å². The van der Waals surface area contributed by atoms with E-state index < -0.39 is 5.91 Å². The maximum atomic E-state index is 12.0. The molecule has 0 spiro atoms. The van der Waals surface area contributed by atoms with Gasteiger partial charge in [0.25, 0.3) is 0 Å². The van der Waals surface area contributed by atoms with Crippen molar-refractivity contribution in [2.75, 3.05) is 5.32 Å². The van der Waals surface area contributed by atoms with Crippen LogP contribution in [-0.4, -0.2) is 11.8 Å². The Morgan fingerprint density at radius 2 is 1.71 bits per heavy atom. The maximum Gasteiger partial charge on any atom is 0.248 e. The van der Waals surface area contributed by atoms with Crippen molar-refractivity contribution in [3.05, 3.63) is 71.3 Å². The van der Waals surface area contributed by atoms with Crippen molar-refractivity contribution in [1.82, 2.24) is 0 Å². The Bertz CT molecular complexity index is 769. The fourth-order valence-corrected chi connectivity index (χ4v) is 2.20. The summed E-state index contributed by atoms with van der Waals surface area (Å²) in [6.07, 6.45) is 3.21. The number of anilines is 1. The molecule has 0 saturated carbocycles. The zero-order chi connectivity index (χ0) is 17.7. The number of carbonyl (C=O) groups is 2. The van der Waals surface area contributed by atoms with Gasteiger partial charge in [0.1, 0.15) is 0 Å². The third-order valence-electron chi connectivity index (χ3n) is 3.62. The lowest BCUT2D eigenvalue weighted by molar-refractivity contribution is -0.111. The van der Waals surface area contributed by atoms with E-state index in [0.29, 0.717) is 11.3 Å². The van der Waals surface area contributed by atoms with E-state index in [4.69, 9.17) is 5.73 Å². The third kappa shape index (κ3) is 4.81. The normalized spacial score (nSPS) is 11.5. The average Bonchev–Trinajstić information content (AvgIpc) is 2.53. The minimum atomic E-state index is -0.527. The first-order valence-electron chi connectivity index (χ1n) is 7.75. The average molecular weight is 322 g/mol. The molecule has 0 aromatic heterocycles. The highest BCUT2D eigenvalue weighted by Gasteiger charge is 2.12. The van der Waals surface area contributed by atoms with Crippen molar-refractivity contribution < 1.29 is 9.59 Å². The van der Waals surface area contributed by atoms with Gasteiger partial charge in [-0.15, -0.1) is 0 Å². The molecule has 4 nitrogen and oxygen atoms in total. The van der Waals surface area contributed by atoms with Crippen LogP contribution >= 0.6 is 0 Å². The lowest BCUT2D eigenvalue weighted by Crippen LogP contribution is -2.12. The number of nitrogens with two attached hydrogens (primary N) is 1. The van der Waals surface area contributed by atoms with Crippen LogP contribution in [0.1, 0.15) is 42.3 Å². The van der Waals surface area contributed by atoms with Crippen molar-refractivity contribution in [2.45, 2.75) is 26.2 Å². The van der Waals surface area contributed by atoms with E-state index in [1.807, 2.05) is 12.1 Å². The number of amides is 2. The zero-order valence-electron chi connectivity index (χ0n) is 14.2. The minimum absolute atomic E-state index is 0.102. The Hall–Kier alpha value is -2.88. The van der Waals surface area contributed by atoms with E-state index in [1.54, 1.807) is 30.3 Å². The van der Waals surface area contributed by atoms with Crippen LogP contribution < -0.4 is 11.1 Å². The molecule has 0 fully saturated rings. The van der Waals surface area contributed by atoms with E-state index >= 15 is 0 Å². The first-order chi connectivity index (χ1) is 11.3. The Morgan fingerprint density at radius 1 is 1.04 bits per heavy atom. The second-order valence-electron chi connectivity index (χ2n) is 6.64. The lowest BCUT2D eigenvalue weighted by atomic mass is 9.87. The van der Waals surface area contributed by atoms with Gasteiger partial charge in [0.15, 0.2) is 0 Å². The van der Waals surface area contributed by atoms with Gasteiger partial charge in [-0.25, -0.2) is 0 Å². The highest BCUT2D eigenvalue weighted by Crippen LogP contribution is 2.22. The summed E-state index contributed by atoms with van der Waals surface area (Å²) < 4.78 is 0.